The molecule has 0 bridgehead atoms. The van der Waals surface area contributed by atoms with E-state index in [1.165, 1.54) is 0 Å². The summed E-state index contributed by atoms with van der Waals surface area (Å²) in [6.45, 7) is 0.383. The summed E-state index contributed by atoms with van der Waals surface area (Å²) in [7, 11) is 0. The molecule has 2 aromatic carbocycles. The molecular weight excluding hydrogens is 254 g/mol. The molecular formula is C15H17N3O2. The number of hydrazine groups is 1. The first kappa shape index (κ1) is 13.9. The van der Waals surface area contributed by atoms with Crippen LogP contribution in [0.3, 0.4) is 0 Å². The van der Waals surface area contributed by atoms with E-state index in [4.69, 9.17) is 16.3 Å². The topological polar surface area (TPSA) is 81.6 Å². The first-order valence-corrected chi connectivity index (χ1v) is 6.28. The molecule has 4 N–H and O–H groups in total. The molecule has 20 heavy (non-hydrogen) atoms. The van der Waals surface area contributed by atoms with Crippen molar-refractivity contribution in [1.82, 2.24) is 5.01 Å². The van der Waals surface area contributed by atoms with Crippen LogP contribution in [0.4, 0.5) is 4.79 Å². The third kappa shape index (κ3) is 4.00. The molecule has 0 unspecified atom stereocenters. The Morgan fingerprint density at radius 1 is 1.00 bits per heavy atom. The zero-order valence-corrected chi connectivity index (χ0v) is 11.0. The van der Waals surface area contributed by atoms with Gasteiger partial charge in [0.1, 0.15) is 11.5 Å². The van der Waals surface area contributed by atoms with E-state index in [0.717, 1.165) is 22.1 Å². The maximum absolute atomic E-state index is 10.8. The van der Waals surface area contributed by atoms with Crippen LogP contribution >= 0.6 is 0 Å². The van der Waals surface area contributed by atoms with Gasteiger partial charge in [-0.25, -0.2) is 10.6 Å². The second-order valence-electron chi connectivity index (χ2n) is 4.34. The Kier molecular flexibility index (Phi) is 4.57. The van der Waals surface area contributed by atoms with Gasteiger partial charge >= 0.3 is 6.03 Å². The Labute approximate surface area is 117 Å². The standard InChI is InChI=1S/C15H17N3O2/c16-15(19)18(17)11-10-12-6-8-14(9-7-12)20-13-4-2-1-3-5-13/h1-9H,10-11,17H2,(H2,16,19). The predicted octanol–water partition coefficient (Wildman–Crippen LogP) is 2.28. The van der Waals surface area contributed by atoms with Crippen LogP contribution in [0.1, 0.15) is 5.56 Å². The summed E-state index contributed by atoms with van der Waals surface area (Å²) in [4.78, 5) is 10.8. The van der Waals surface area contributed by atoms with E-state index in [2.05, 4.69) is 0 Å². The van der Waals surface area contributed by atoms with Gasteiger partial charge in [-0.2, -0.15) is 0 Å². The average molecular weight is 271 g/mol. The largest absolute Gasteiger partial charge is 0.457 e. The molecule has 0 aliphatic heterocycles. The second-order valence-corrected chi connectivity index (χ2v) is 4.34. The van der Waals surface area contributed by atoms with E-state index in [1.807, 2.05) is 54.6 Å². The minimum absolute atomic E-state index is 0.383. The molecule has 0 aliphatic carbocycles. The number of nitrogens with two attached hydrogens (primary N) is 2. The maximum atomic E-state index is 10.8. The maximum Gasteiger partial charge on any atom is 0.328 e. The highest BCUT2D eigenvalue weighted by atomic mass is 16.5. The van der Waals surface area contributed by atoms with E-state index < -0.39 is 6.03 Å². The fraction of sp³-hybridized carbons (Fsp3) is 0.133. The van der Waals surface area contributed by atoms with Crippen LogP contribution in [-0.2, 0) is 6.42 Å². The van der Waals surface area contributed by atoms with Crippen molar-refractivity contribution in [3.63, 3.8) is 0 Å². The van der Waals surface area contributed by atoms with Crippen LogP contribution in [0, 0.1) is 0 Å². The lowest BCUT2D eigenvalue weighted by molar-refractivity contribution is 0.209. The van der Waals surface area contributed by atoms with Crippen molar-refractivity contribution in [3.8, 4) is 11.5 Å². The molecule has 5 nitrogen and oxygen atoms in total. The molecule has 0 saturated carbocycles. The van der Waals surface area contributed by atoms with Crippen LogP contribution in [0.25, 0.3) is 0 Å². The molecule has 2 aromatic rings. The van der Waals surface area contributed by atoms with Gasteiger partial charge in [-0.15, -0.1) is 0 Å². The average Bonchev–Trinajstić information content (AvgIpc) is 2.47. The molecule has 2 rings (SSSR count). The molecule has 2 amide bonds. The van der Waals surface area contributed by atoms with Crippen molar-refractivity contribution < 1.29 is 9.53 Å². The van der Waals surface area contributed by atoms with Crippen molar-refractivity contribution in [2.24, 2.45) is 11.6 Å². The molecule has 0 fully saturated rings. The Morgan fingerprint density at radius 3 is 2.20 bits per heavy atom. The SMILES string of the molecule is NC(=O)N(N)CCc1ccc(Oc2ccccc2)cc1. The molecule has 5 heteroatoms. The van der Waals surface area contributed by atoms with Gasteiger partial charge < -0.3 is 10.5 Å². The third-order valence-electron chi connectivity index (χ3n) is 2.83. The van der Waals surface area contributed by atoms with Crippen molar-refractivity contribution in [3.05, 3.63) is 60.2 Å². The van der Waals surface area contributed by atoms with Gasteiger partial charge in [0.2, 0.25) is 0 Å². The zero-order chi connectivity index (χ0) is 14.4. The smallest absolute Gasteiger partial charge is 0.328 e. The van der Waals surface area contributed by atoms with Gasteiger partial charge in [0.25, 0.3) is 0 Å². The Hall–Kier alpha value is -2.53. The lowest BCUT2D eigenvalue weighted by Gasteiger charge is -2.13. The van der Waals surface area contributed by atoms with Gasteiger partial charge in [-0.3, -0.25) is 5.01 Å². The van der Waals surface area contributed by atoms with Crippen LogP contribution in [0.5, 0.6) is 11.5 Å². The first-order chi connectivity index (χ1) is 9.65. The van der Waals surface area contributed by atoms with Crippen molar-refractivity contribution >= 4 is 6.03 Å². The Morgan fingerprint density at radius 2 is 1.60 bits per heavy atom. The van der Waals surface area contributed by atoms with Gasteiger partial charge in [-0.05, 0) is 36.2 Å². The minimum atomic E-state index is -0.631. The molecule has 0 atom stereocenters. The van der Waals surface area contributed by atoms with Crippen molar-refractivity contribution in [2.75, 3.05) is 6.54 Å². The van der Waals surface area contributed by atoms with E-state index in [0.29, 0.717) is 13.0 Å². The van der Waals surface area contributed by atoms with Crippen LogP contribution in [0.15, 0.2) is 54.6 Å². The van der Waals surface area contributed by atoms with Gasteiger partial charge in [-0.1, -0.05) is 30.3 Å². The number of urea groups is 1. The predicted molar refractivity (Wildman–Crippen MR) is 77.1 cm³/mol. The highest BCUT2D eigenvalue weighted by Gasteiger charge is 2.04. The molecule has 0 aromatic heterocycles. The molecule has 0 aliphatic rings. The van der Waals surface area contributed by atoms with Crippen LogP contribution in [-0.4, -0.2) is 17.6 Å². The molecule has 104 valence electrons. The van der Waals surface area contributed by atoms with E-state index in [-0.39, 0.29) is 0 Å². The number of primary amides is 1. The number of hydrogen-bond acceptors (Lipinski definition) is 3. The van der Waals surface area contributed by atoms with Crippen LogP contribution in [0.2, 0.25) is 0 Å². The summed E-state index contributed by atoms with van der Waals surface area (Å²) in [6.07, 6.45) is 0.644. The third-order valence-corrected chi connectivity index (χ3v) is 2.83. The molecule has 0 saturated heterocycles. The summed E-state index contributed by atoms with van der Waals surface area (Å²) in [5.74, 6) is 6.99. The summed E-state index contributed by atoms with van der Waals surface area (Å²) < 4.78 is 5.69. The number of amides is 2. The molecule has 0 radical (unpaired) electrons. The quantitative estimate of drug-likeness (QED) is 0.497. The number of carbonyl (C=O) groups excluding carboxylic acids is 1. The van der Waals surface area contributed by atoms with Gasteiger partial charge in [0, 0.05) is 6.54 Å². The number of carbonyl (C=O) groups is 1. The molecule has 0 spiro atoms. The number of rotatable bonds is 5. The fourth-order valence-corrected chi connectivity index (χ4v) is 1.71. The lowest BCUT2D eigenvalue weighted by Crippen LogP contribution is -2.42. The number of para-hydroxylation sites is 1. The van der Waals surface area contributed by atoms with Gasteiger partial charge in [0.05, 0.1) is 0 Å². The number of nitrogens with zero attached hydrogens (tertiary/aromatic N) is 1. The second kappa shape index (κ2) is 6.58. The van der Waals surface area contributed by atoms with Gasteiger partial charge in [0.15, 0.2) is 0 Å². The minimum Gasteiger partial charge on any atom is -0.457 e. The van der Waals surface area contributed by atoms with Crippen molar-refractivity contribution in [1.29, 1.82) is 0 Å². The zero-order valence-electron chi connectivity index (χ0n) is 11.0. The van der Waals surface area contributed by atoms with E-state index >= 15 is 0 Å². The summed E-state index contributed by atoms with van der Waals surface area (Å²) >= 11 is 0. The number of hydrogen-bond donors (Lipinski definition) is 2. The summed E-state index contributed by atoms with van der Waals surface area (Å²) in [5.41, 5.74) is 6.11. The monoisotopic (exact) mass is 271 g/mol. The molecule has 0 heterocycles. The van der Waals surface area contributed by atoms with Crippen molar-refractivity contribution in [2.45, 2.75) is 6.42 Å². The highest BCUT2D eigenvalue weighted by molar-refractivity contribution is 5.71. The summed E-state index contributed by atoms with van der Waals surface area (Å²) in [5, 5.41) is 0.994. The fourth-order valence-electron chi connectivity index (χ4n) is 1.71. The Balaban J connectivity index is 1.91. The number of ether oxygens (including phenoxy) is 1. The summed E-state index contributed by atoms with van der Waals surface area (Å²) in [6, 6.07) is 16.6. The van der Waals surface area contributed by atoms with E-state index in [1.54, 1.807) is 0 Å². The first-order valence-electron chi connectivity index (χ1n) is 6.28. The van der Waals surface area contributed by atoms with Crippen LogP contribution < -0.4 is 16.3 Å². The van der Waals surface area contributed by atoms with E-state index in [9.17, 15) is 4.79 Å². The highest BCUT2D eigenvalue weighted by Crippen LogP contribution is 2.21. The Bertz CT molecular complexity index is 555. The lowest BCUT2D eigenvalue weighted by atomic mass is 10.1. The normalized spacial score (nSPS) is 10.1. The number of benzene rings is 2.